The molecule has 1 aliphatic heterocycles. The molecule has 0 N–H and O–H groups in total. The fourth-order valence-electron chi connectivity index (χ4n) is 3.38. The van der Waals surface area contributed by atoms with Crippen molar-refractivity contribution < 1.29 is 13.9 Å². The molecule has 7 nitrogen and oxygen atoms in total. The highest BCUT2D eigenvalue weighted by Crippen LogP contribution is 2.25. The second-order valence-electron chi connectivity index (χ2n) is 6.51. The average molecular weight is 372 g/mol. The second kappa shape index (κ2) is 7.48. The maximum absolute atomic E-state index is 13.0. The van der Waals surface area contributed by atoms with Gasteiger partial charge >= 0.3 is 0 Å². The minimum Gasteiger partial charge on any atom is -0.486 e. The molecule has 1 aliphatic rings. The quantitative estimate of drug-likeness (QED) is 0.688. The summed E-state index contributed by atoms with van der Waals surface area (Å²) in [6.07, 6.45) is 3.31. The van der Waals surface area contributed by atoms with Crippen molar-refractivity contribution >= 4 is 5.52 Å². The number of rotatable bonds is 5. The van der Waals surface area contributed by atoms with Crippen LogP contribution in [-0.4, -0.2) is 32.4 Å². The van der Waals surface area contributed by atoms with Crippen LogP contribution in [0.25, 0.3) is 5.52 Å². The minimum absolute atomic E-state index is 0.107. The van der Waals surface area contributed by atoms with Gasteiger partial charge in [0.25, 0.3) is 5.56 Å². The highest BCUT2D eigenvalue weighted by molar-refractivity contribution is 5.43. The van der Waals surface area contributed by atoms with Crippen molar-refractivity contribution in [2.45, 2.75) is 38.8 Å². The van der Waals surface area contributed by atoms with E-state index in [4.69, 9.17) is 9.47 Å². The van der Waals surface area contributed by atoms with Crippen LogP contribution in [0.1, 0.15) is 37.3 Å². The molecule has 27 heavy (non-hydrogen) atoms. The molecule has 2 aromatic heterocycles. The van der Waals surface area contributed by atoms with Gasteiger partial charge in [0.15, 0.2) is 11.3 Å². The topological polar surface area (TPSA) is 70.7 Å². The number of ether oxygens (including phenoxy) is 2. The second-order valence-corrected chi connectivity index (χ2v) is 6.51. The number of aromatic nitrogens is 4. The lowest BCUT2D eigenvalue weighted by Crippen LogP contribution is -2.29. The van der Waals surface area contributed by atoms with E-state index in [1.54, 1.807) is 27.4 Å². The van der Waals surface area contributed by atoms with Crippen LogP contribution < -0.4 is 10.3 Å². The van der Waals surface area contributed by atoms with Gasteiger partial charge in [0, 0.05) is 25.7 Å². The van der Waals surface area contributed by atoms with Crippen LogP contribution in [0, 0.1) is 5.82 Å². The van der Waals surface area contributed by atoms with Crippen LogP contribution in [0.2, 0.25) is 0 Å². The van der Waals surface area contributed by atoms with Gasteiger partial charge in [-0.1, -0.05) is 0 Å². The maximum atomic E-state index is 13.0. The van der Waals surface area contributed by atoms with Gasteiger partial charge in [-0.3, -0.25) is 9.36 Å². The lowest BCUT2D eigenvalue weighted by molar-refractivity contribution is 0.0832. The predicted octanol–water partition coefficient (Wildman–Crippen LogP) is 2.52. The molecule has 1 fully saturated rings. The number of nitrogens with zero attached hydrogens (tertiary/aromatic N) is 4. The zero-order valence-electron chi connectivity index (χ0n) is 15.1. The number of benzene rings is 1. The van der Waals surface area contributed by atoms with Crippen molar-refractivity contribution in [3.05, 3.63) is 58.3 Å². The Balaban J connectivity index is 1.69. The smallest absolute Gasteiger partial charge is 0.279 e. The van der Waals surface area contributed by atoms with Crippen molar-refractivity contribution in [2.75, 3.05) is 13.2 Å². The van der Waals surface area contributed by atoms with Crippen LogP contribution in [0.15, 0.2) is 35.3 Å². The van der Waals surface area contributed by atoms with E-state index >= 15 is 0 Å². The molecule has 142 valence electrons. The fraction of sp³-hybridized carbons (Fsp3) is 0.421. The molecule has 0 unspecified atom stereocenters. The standard InChI is InChI=1S/C19H21FN4O3/c1-2-23-17(12-27-15-5-3-14(20)4-6-15)22-24-16(19(23)25)11-21-18(24)13-7-9-26-10-8-13/h3-6,11,13H,2,7-10,12H2,1H3. The number of halogens is 1. The molecule has 4 rings (SSSR count). The molecule has 0 spiro atoms. The van der Waals surface area contributed by atoms with E-state index in [0.717, 1.165) is 18.7 Å². The summed E-state index contributed by atoms with van der Waals surface area (Å²) in [6.45, 7) is 3.84. The molecular formula is C19H21FN4O3. The van der Waals surface area contributed by atoms with Crippen molar-refractivity contribution in [2.24, 2.45) is 0 Å². The third kappa shape index (κ3) is 3.44. The van der Waals surface area contributed by atoms with E-state index in [1.807, 2.05) is 6.92 Å². The third-order valence-corrected chi connectivity index (χ3v) is 4.84. The summed E-state index contributed by atoms with van der Waals surface area (Å²) in [4.78, 5) is 17.3. The molecule has 3 heterocycles. The first kappa shape index (κ1) is 17.7. The summed E-state index contributed by atoms with van der Waals surface area (Å²) in [5, 5.41) is 4.65. The Bertz CT molecular complexity index is 991. The summed E-state index contributed by atoms with van der Waals surface area (Å²) in [5.74, 6) is 1.70. The minimum atomic E-state index is -0.327. The summed E-state index contributed by atoms with van der Waals surface area (Å²) in [5.41, 5.74) is 0.319. The molecule has 0 aliphatic carbocycles. The lowest BCUT2D eigenvalue weighted by Gasteiger charge is -2.21. The lowest BCUT2D eigenvalue weighted by atomic mass is 10.00. The first-order valence-electron chi connectivity index (χ1n) is 9.11. The summed E-state index contributed by atoms with van der Waals surface area (Å²) >= 11 is 0. The first-order chi connectivity index (χ1) is 13.2. The summed E-state index contributed by atoms with van der Waals surface area (Å²) < 4.78 is 27.4. The zero-order valence-corrected chi connectivity index (χ0v) is 15.1. The van der Waals surface area contributed by atoms with E-state index in [-0.39, 0.29) is 23.9 Å². The molecule has 0 saturated carbocycles. The predicted molar refractivity (Wildman–Crippen MR) is 96.4 cm³/mol. The molecule has 0 bridgehead atoms. The van der Waals surface area contributed by atoms with E-state index in [9.17, 15) is 9.18 Å². The Morgan fingerprint density at radius 2 is 2.00 bits per heavy atom. The van der Waals surface area contributed by atoms with E-state index in [1.165, 1.54) is 12.1 Å². The van der Waals surface area contributed by atoms with Crippen LogP contribution in [-0.2, 0) is 17.9 Å². The third-order valence-electron chi connectivity index (χ3n) is 4.84. The number of imidazole rings is 1. The van der Waals surface area contributed by atoms with E-state index in [0.29, 0.717) is 36.8 Å². The maximum Gasteiger partial charge on any atom is 0.279 e. The number of hydrogen-bond donors (Lipinski definition) is 0. The molecule has 8 heteroatoms. The largest absolute Gasteiger partial charge is 0.486 e. The number of hydrogen-bond acceptors (Lipinski definition) is 5. The molecule has 0 amide bonds. The Morgan fingerprint density at radius 1 is 1.26 bits per heavy atom. The van der Waals surface area contributed by atoms with Crippen LogP contribution in [0.5, 0.6) is 5.75 Å². The molecule has 0 atom stereocenters. The summed E-state index contributed by atoms with van der Waals surface area (Å²) in [7, 11) is 0. The summed E-state index contributed by atoms with van der Waals surface area (Å²) in [6, 6.07) is 5.76. The van der Waals surface area contributed by atoms with Crippen molar-refractivity contribution in [1.82, 2.24) is 19.2 Å². The normalized spacial score (nSPS) is 15.3. The average Bonchev–Trinajstić information content (AvgIpc) is 3.12. The SMILES string of the molecule is CCn1c(COc2ccc(F)cc2)nn2c(C3CCOCC3)ncc2c1=O. The van der Waals surface area contributed by atoms with E-state index in [2.05, 4.69) is 10.1 Å². The van der Waals surface area contributed by atoms with Crippen molar-refractivity contribution in [3.63, 3.8) is 0 Å². The van der Waals surface area contributed by atoms with Gasteiger partial charge in [-0.25, -0.2) is 13.9 Å². The van der Waals surface area contributed by atoms with Gasteiger partial charge in [0.2, 0.25) is 0 Å². The monoisotopic (exact) mass is 372 g/mol. The van der Waals surface area contributed by atoms with Crippen LogP contribution in [0.4, 0.5) is 4.39 Å². The highest BCUT2D eigenvalue weighted by atomic mass is 19.1. The van der Waals surface area contributed by atoms with Gasteiger partial charge in [-0.15, -0.1) is 5.10 Å². The Hall–Kier alpha value is -2.74. The molecule has 0 radical (unpaired) electrons. The molecule has 3 aromatic rings. The Labute approximate surface area is 155 Å². The first-order valence-corrected chi connectivity index (χ1v) is 9.11. The van der Waals surface area contributed by atoms with Crippen molar-refractivity contribution in [1.29, 1.82) is 0 Å². The van der Waals surface area contributed by atoms with Gasteiger partial charge < -0.3 is 9.47 Å². The van der Waals surface area contributed by atoms with Gasteiger partial charge in [-0.05, 0) is 44.0 Å². The van der Waals surface area contributed by atoms with Crippen molar-refractivity contribution in [3.8, 4) is 5.75 Å². The molecule has 1 aromatic carbocycles. The zero-order chi connectivity index (χ0) is 18.8. The van der Waals surface area contributed by atoms with E-state index < -0.39 is 0 Å². The Morgan fingerprint density at radius 3 is 2.70 bits per heavy atom. The molecule has 1 saturated heterocycles. The highest BCUT2D eigenvalue weighted by Gasteiger charge is 2.23. The van der Waals surface area contributed by atoms with Gasteiger partial charge in [0.1, 0.15) is 24.0 Å². The van der Waals surface area contributed by atoms with Gasteiger partial charge in [0.05, 0.1) is 6.20 Å². The van der Waals surface area contributed by atoms with Crippen LogP contribution in [0.3, 0.4) is 0 Å². The molecular weight excluding hydrogens is 351 g/mol. The Kier molecular flexibility index (Phi) is 4.89. The fourth-order valence-corrected chi connectivity index (χ4v) is 3.38. The number of fused-ring (bicyclic) bond motifs is 1. The van der Waals surface area contributed by atoms with Gasteiger partial charge in [-0.2, -0.15) is 0 Å². The van der Waals surface area contributed by atoms with Crippen LogP contribution >= 0.6 is 0 Å².